The smallest absolute Gasteiger partial charge is 0.391 e. The number of halogens is 3. The van der Waals surface area contributed by atoms with E-state index >= 15 is 0 Å². The molecule has 36 heavy (non-hydrogen) atoms. The Morgan fingerprint density at radius 3 is 2.47 bits per heavy atom. The second kappa shape index (κ2) is 10.7. The van der Waals surface area contributed by atoms with Crippen LogP contribution in [0.4, 0.5) is 24.5 Å². The zero-order chi connectivity index (χ0) is 25.8. The molecule has 1 saturated heterocycles. The van der Waals surface area contributed by atoms with E-state index in [0.29, 0.717) is 30.8 Å². The van der Waals surface area contributed by atoms with Gasteiger partial charge in [-0.1, -0.05) is 48.5 Å². The molecule has 190 valence electrons. The summed E-state index contributed by atoms with van der Waals surface area (Å²) < 4.78 is 40.0. The number of nitro groups is 1. The van der Waals surface area contributed by atoms with E-state index in [1.54, 1.807) is 12.1 Å². The number of likely N-dealkylation sites (tertiary alicyclic amines) is 1. The Kier molecular flexibility index (Phi) is 7.61. The van der Waals surface area contributed by atoms with Gasteiger partial charge in [-0.3, -0.25) is 15.0 Å². The quantitative estimate of drug-likeness (QED) is 0.294. The molecule has 3 aromatic carbocycles. The van der Waals surface area contributed by atoms with Crippen molar-refractivity contribution in [2.75, 3.05) is 25.0 Å². The molecular weight excluding hydrogens is 471 g/mol. The molecule has 1 aliphatic heterocycles. The number of hydrogen-bond donors (Lipinski definition) is 2. The predicted molar refractivity (Wildman–Crippen MR) is 131 cm³/mol. The maximum absolute atomic E-state index is 13.3. The molecule has 1 fully saturated rings. The SMILES string of the molecule is O=[N+]([O-])c1cc(NCC2(Cc3cccc(C(F)(F)F)c3)CCN(Cc3ccccc3)C2)ccc1CO. The number of rotatable bonds is 9. The lowest BCUT2D eigenvalue weighted by molar-refractivity contribution is -0.385. The molecule has 1 heterocycles. The molecule has 0 radical (unpaired) electrons. The van der Waals surface area contributed by atoms with E-state index in [4.69, 9.17) is 0 Å². The predicted octanol–water partition coefficient (Wildman–Crippen LogP) is 5.65. The fraction of sp³-hybridized carbons (Fsp3) is 0.333. The van der Waals surface area contributed by atoms with Crippen LogP contribution in [0, 0.1) is 15.5 Å². The van der Waals surface area contributed by atoms with Gasteiger partial charge in [-0.25, -0.2) is 0 Å². The lowest BCUT2D eigenvalue weighted by atomic mass is 9.80. The van der Waals surface area contributed by atoms with Crippen LogP contribution in [0.15, 0.2) is 72.8 Å². The average Bonchev–Trinajstić information content (AvgIpc) is 3.25. The summed E-state index contributed by atoms with van der Waals surface area (Å²) in [6.45, 7) is 2.19. The van der Waals surface area contributed by atoms with E-state index in [-0.39, 0.29) is 16.7 Å². The molecule has 1 unspecified atom stereocenters. The van der Waals surface area contributed by atoms with Gasteiger partial charge in [-0.15, -0.1) is 0 Å². The summed E-state index contributed by atoms with van der Waals surface area (Å²) in [4.78, 5) is 13.2. The van der Waals surface area contributed by atoms with Crippen LogP contribution < -0.4 is 5.32 Å². The zero-order valence-electron chi connectivity index (χ0n) is 19.7. The second-order valence-corrected chi connectivity index (χ2v) is 9.43. The maximum Gasteiger partial charge on any atom is 0.416 e. The van der Waals surface area contributed by atoms with Crippen LogP contribution in [0.5, 0.6) is 0 Å². The average molecular weight is 500 g/mol. The molecule has 9 heteroatoms. The highest BCUT2D eigenvalue weighted by Gasteiger charge is 2.39. The van der Waals surface area contributed by atoms with Crippen molar-refractivity contribution in [3.63, 3.8) is 0 Å². The number of aliphatic hydroxyl groups excluding tert-OH is 1. The van der Waals surface area contributed by atoms with Gasteiger partial charge in [0.25, 0.3) is 5.69 Å². The number of alkyl halides is 3. The van der Waals surface area contributed by atoms with Gasteiger partial charge >= 0.3 is 6.18 Å². The van der Waals surface area contributed by atoms with Gasteiger partial charge in [0, 0.05) is 36.8 Å². The van der Waals surface area contributed by atoms with Crippen molar-refractivity contribution in [3.05, 3.63) is 105 Å². The molecule has 0 bridgehead atoms. The number of nitrogens with zero attached hydrogens (tertiary/aromatic N) is 2. The van der Waals surface area contributed by atoms with Crippen LogP contribution in [0.25, 0.3) is 0 Å². The van der Waals surface area contributed by atoms with Gasteiger partial charge in [0.1, 0.15) is 0 Å². The van der Waals surface area contributed by atoms with Gasteiger partial charge in [-0.05, 0) is 48.7 Å². The number of nitrogens with one attached hydrogen (secondary N) is 1. The Hall–Kier alpha value is -3.43. The van der Waals surface area contributed by atoms with E-state index in [1.165, 1.54) is 24.3 Å². The number of aliphatic hydroxyl groups is 1. The molecule has 1 aliphatic rings. The van der Waals surface area contributed by atoms with Crippen molar-refractivity contribution >= 4 is 11.4 Å². The van der Waals surface area contributed by atoms with Crippen LogP contribution in [-0.2, 0) is 25.7 Å². The fourth-order valence-corrected chi connectivity index (χ4v) is 4.91. The van der Waals surface area contributed by atoms with E-state index in [2.05, 4.69) is 10.2 Å². The van der Waals surface area contributed by atoms with E-state index in [0.717, 1.165) is 31.1 Å². The minimum atomic E-state index is -4.41. The van der Waals surface area contributed by atoms with Crippen molar-refractivity contribution in [1.82, 2.24) is 4.90 Å². The normalized spacial score (nSPS) is 18.3. The highest BCUT2D eigenvalue weighted by atomic mass is 19.4. The van der Waals surface area contributed by atoms with Crippen LogP contribution >= 0.6 is 0 Å². The monoisotopic (exact) mass is 499 g/mol. The van der Waals surface area contributed by atoms with E-state index in [9.17, 15) is 28.4 Å². The Balaban J connectivity index is 1.57. The third kappa shape index (κ3) is 6.22. The molecular formula is C27H28F3N3O3. The molecule has 0 aliphatic carbocycles. The van der Waals surface area contributed by atoms with Crippen molar-refractivity contribution in [2.24, 2.45) is 5.41 Å². The lowest BCUT2D eigenvalue weighted by Gasteiger charge is -2.31. The Bertz CT molecular complexity index is 1200. The van der Waals surface area contributed by atoms with E-state index in [1.807, 2.05) is 30.3 Å². The minimum Gasteiger partial charge on any atom is -0.391 e. The van der Waals surface area contributed by atoms with E-state index < -0.39 is 23.3 Å². The fourth-order valence-electron chi connectivity index (χ4n) is 4.91. The number of hydrogen-bond acceptors (Lipinski definition) is 5. The molecule has 3 aromatic rings. The number of nitro benzene ring substituents is 1. The van der Waals surface area contributed by atoms with Crippen molar-refractivity contribution in [1.29, 1.82) is 0 Å². The summed E-state index contributed by atoms with van der Waals surface area (Å²) in [5.41, 5.74) is 1.31. The molecule has 1 atom stereocenters. The first-order valence-electron chi connectivity index (χ1n) is 11.7. The first kappa shape index (κ1) is 25.7. The Morgan fingerprint density at radius 1 is 1.03 bits per heavy atom. The van der Waals surface area contributed by atoms with Gasteiger partial charge in [0.15, 0.2) is 0 Å². The largest absolute Gasteiger partial charge is 0.416 e. The van der Waals surface area contributed by atoms with Gasteiger partial charge < -0.3 is 10.4 Å². The highest BCUT2D eigenvalue weighted by Crippen LogP contribution is 2.37. The maximum atomic E-state index is 13.3. The Morgan fingerprint density at radius 2 is 1.78 bits per heavy atom. The number of benzene rings is 3. The van der Waals surface area contributed by atoms with Crippen molar-refractivity contribution in [3.8, 4) is 0 Å². The molecule has 0 saturated carbocycles. The highest BCUT2D eigenvalue weighted by molar-refractivity contribution is 5.55. The summed E-state index contributed by atoms with van der Waals surface area (Å²) in [6.07, 6.45) is -3.21. The third-order valence-corrected chi connectivity index (χ3v) is 6.72. The summed E-state index contributed by atoms with van der Waals surface area (Å²) in [5, 5.41) is 24.1. The van der Waals surface area contributed by atoms with Gasteiger partial charge in [-0.2, -0.15) is 13.2 Å². The third-order valence-electron chi connectivity index (χ3n) is 6.72. The zero-order valence-corrected chi connectivity index (χ0v) is 19.7. The van der Waals surface area contributed by atoms with Gasteiger partial charge in [0.2, 0.25) is 0 Å². The molecule has 6 nitrogen and oxygen atoms in total. The summed E-state index contributed by atoms with van der Waals surface area (Å²) in [5.74, 6) is 0. The van der Waals surface area contributed by atoms with Crippen LogP contribution in [0.1, 0.15) is 28.7 Å². The molecule has 0 aromatic heterocycles. The summed E-state index contributed by atoms with van der Waals surface area (Å²) in [6, 6.07) is 20.0. The van der Waals surface area contributed by atoms with Crippen LogP contribution in [0.3, 0.4) is 0 Å². The first-order valence-corrected chi connectivity index (χ1v) is 11.7. The van der Waals surface area contributed by atoms with Crippen molar-refractivity contribution in [2.45, 2.75) is 32.2 Å². The topological polar surface area (TPSA) is 78.6 Å². The molecule has 0 spiro atoms. The minimum absolute atomic E-state index is 0.174. The summed E-state index contributed by atoms with van der Waals surface area (Å²) in [7, 11) is 0. The molecule has 0 amide bonds. The summed E-state index contributed by atoms with van der Waals surface area (Å²) >= 11 is 0. The standard InChI is InChI=1S/C27H28F3N3O3/c28-27(29,30)23-8-4-7-21(13-23)15-26(11-12-32(19-26)16-20-5-2-1-3-6-20)18-31-24-10-9-22(17-34)25(14-24)33(35)36/h1-10,13-14,31,34H,11-12,15-19H2. The Labute approximate surface area is 207 Å². The van der Waals surface area contributed by atoms with Gasteiger partial charge in [0.05, 0.1) is 22.7 Å². The lowest BCUT2D eigenvalue weighted by Crippen LogP contribution is -2.35. The first-order chi connectivity index (χ1) is 17.2. The van der Waals surface area contributed by atoms with Crippen LogP contribution in [-0.4, -0.2) is 34.6 Å². The second-order valence-electron chi connectivity index (χ2n) is 9.43. The number of anilines is 1. The van der Waals surface area contributed by atoms with Crippen molar-refractivity contribution < 1.29 is 23.2 Å². The molecule has 2 N–H and O–H groups in total. The molecule has 4 rings (SSSR count). The van der Waals surface area contributed by atoms with Crippen LogP contribution in [0.2, 0.25) is 0 Å².